The highest BCUT2D eigenvalue weighted by atomic mass is 15.1. The van der Waals surface area contributed by atoms with Crippen LogP contribution in [0.1, 0.15) is 33.6 Å². The third-order valence-corrected chi connectivity index (χ3v) is 3.12. The fourth-order valence-corrected chi connectivity index (χ4v) is 2.21. The number of likely N-dealkylation sites (tertiary alicyclic amines) is 1. The van der Waals surface area contributed by atoms with E-state index in [0.29, 0.717) is 6.04 Å². The first kappa shape index (κ1) is 11.0. The molecule has 78 valence electrons. The van der Waals surface area contributed by atoms with Gasteiger partial charge in [-0.05, 0) is 44.7 Å². The molecule has 0 saturated carbocycles. The SMILES string of the molecule is CC(C)C1CCN(C[C@H](C)N)CC1. The van der Waals surface area contributed by atoms with Gasteiger partial charge in [-0.3, -0.25) is 0 Å². The van der Waals surface area contributed by atoms with Gasteiger partial charge in [-0.1, -0.05) is 13.8 Å². The summed E-state index contributed by atoms with van der Waals surface area (Å²) in [6, 6.07) is 0.329. The van der Waals surface area contributed by atoms with Crippen LogP contribution in [0.2, 0.25) is 0 Å². The van der Waals surface area contributed by atoms with E-state index in [9.17, 15) is 0 Å². The maximum atomic E-state index is 5.78. The van der Waals surface area contributed by atoms with Crippen molar-refractivity contribution in [1.82, 2.24) is 4.90 Å². The average molecular weight is 184 g/mol. The van der Waals surface area contributed by atoms with Gasteiger partial charge in [0.2, 0.25) is 0 Å². The quantitative estimate of drug-likeness (QED) is 0.723. The summed E-state index contributed by atoms with van der Waals surface area (Å²) in [5, 5.41) is 0. The highest BCUT2D eigenvalue weighted by Crippen LogP contribution is 2.24. The van der Waals surface area contributed by atoms with Crippen LogP contribution in [0.5, 0.6) is 0 Å². The molecule has 0 bridgehead atoms. The van der Waals surface area contributed by atoms with Crippen molar-refractivity contribution in [3.05, 3.63) is 0 Å². The summed E-state index contributed by atoms with van der Waals surface area (Å²) in [7, 11) is 0. The Labute approximate surface area is 82.5 Å². The number of piperidine rings is 1. The minimum atomic E-state index is 0.329. The number of hydrogen-bond donors (Lipinski definition) is 1. The summed E-state index contributed by atoms with van der Waals surface area (Å²) in [6.07, 6.45) is 2.73. The fourth-order valence-electron chi connectivity index (χ4n) is 2.21. The lowest BCUT2D eigenvalue weighted by atomic mass is 9.86. The lowest BCUT2D eigenvalue weighted by molar-refractivity contribution is 0.153. The Morgan fingerprint density at radius 3 is 2.15 bits per heavy atom. The molecule has 0 unspecified atom stereocenters. The Morgan fingerprint density at radius 1 is 1.23 bits per heavy atom. The van der Waals surface area contributed by atoms with Gasteiger partial charge in [-0.15, -0.1) is 0 Å². The molecule has 0 amide bonds. The summed E-state index contributed by atoms with van der Waals surface area (Å²) < 4.78 is 0. The van der Waals surface area contributed by atoms with E-state index in [-0.39, 0.29) is 0 Å². The highest BCUT2D eigenvalue weighted by molar-refractivity contribution is 4.75. The Balaban J connectivity index is 2.22. The molecule has 1 fully saturated rings. The normalized spacial score (nSPS) is 23.8. The first-order valence-corrected chi connectivity index (χ1v) is 5.57. The molecule has 1 rings (SSSR count). The monoisotopic (exact) mass is 184 g/mol. The van der Waals surface area contributed by atoms with Gasteiger partial charge in [-0.25, -0.2) is 0 Å². The van der Waals surface area contributed by atoms with E-state index in [1.54, 1.807) is 0 Å². The van der Waals surface area contributed by atoms with Crippen molar-refractivity contribution in [3.8, 4) is 0 Å². The second kappa shape index (κ2) is 4.97. The lowest BCUT2D eigenvalue weighted by Gasteiger charge is -2.34. The van der Waals surface area contributed by atoms with Gasteiger partial charge >= 0.3 is 0 Å². The first-order chi connectivity index (χ1) is 6.09. The van der Waals surface area contributed by atoms with Gasteiger partial charge < -0.3 is 10.6 Å². The first-order valence-electron chi connectivity index (χ1n) is 5.57. The van der Waals surface area contributed by atoms with Crippen LogP contribution in [0.4, 0.5) is 0 Å². The van der Waals surface area contributed by atoms with Crippen LogP contribution in [0.15, 0.2) is 0 Å². The zero-order valence-electron chi connectivity index (χ0n) is 9.29. The maximum absolute atomic E-state index is 5.78. The molecule has 0 aromatic carbocycles. The van der Waals surface area contributed by atoms with Crippen molar-refractivity contribution in [2.45, 2.75) is 39.7 Å². The summed E-state index contributed by atoms with van der Waals surface area (Å²) in [5.41, 5.74) is 5.78. The second-order valence-electron chi connectivity index (χ2n) is 4.86. The van der Waals surface area contributed by atoms with Gasteiger partial charge in [-0.2, -0.15) is 0 Å². The Bertz CT molecular complexity index is 135. The number of nitrogens with two attached hydrogens (primary N) is 1. The van der Waals surface area contributed by atoms with Crippen molar-refractivity contribution in [2.24, 2.45) is 17.6 Å². The van der Waals surface area contributed by atoms with Crippen LogP contribution in [-0.4, -0.2) is 30.6 Å². The third-order valence-electron chi connectivity index (χ3n) is 3.12. The van der Waals surface area contributed by atoms with Crippen molar-refractivity contribution in [3.63, 3.8) is 0 Å². The molecular weight excluding hydrogens is 160 g/mol. The molecule has 2 heteroatoms. The van der Waals surface area contributed by atoms with Crippen LogP contribution in [0.25, 0.3) is 0 Å². The summed E-state index contributed by atoms with van der Waals surface area (Å²) in [5.74, 6) is 1.81. The van der Waals surface area contributed by atoms with E-state index < -0.39 is 0 Å². The minimum Gasteiger partial charge on any atom is -0.327 e. The maximum Gasteiger partial charge on any atom is 0.0139 e. The van der Waals surface area contributed by atoms with Gasteiger partial charge in [0.25, 0.3) is 0 Å². The molecule has 1 heterocycles. The van der Waals surface area contributed by atoms with E-state index in [1.807, 2.05) is 0 Å². The molecule has 0 radical (unpaired) electrons. The predicted molar refractivity (Wildman–Crippen MR) is 57.7 cm³/mol. The van der Waals surface area contributed by atoms with Crippen molar-refractivity contribution < 1.29 is 0 Å². The molecule has 0 aliphatic carbocycles. The molecule has 13 heavy (non-hydrogen) atoms. The Morgan fingerprint density at radius 2 is 1.77 bits per heavy atom. The van der Waals surface area contributed by atoms with Crippen LogP contribution in [0, 0.1) is 11.8 Å². The summed E-state index contributed by atoms with van der Waals surface area (Å²) in [6.45, 7) is 10.4. The van der Waals surface area contributed by atoms with Gasteiger partial charge in [0, 0.05) is 12.6 Å². The standard InChI is InChI=1S/C11H24N2/c1-9(2)11-4-6-13(7-5-11)8-10(3)12/h9-11H,4-8,12H2,1-3H3/t10-/m0/s1. The van der Waals surface area contributed by atoms with E-state index in [0.717, 1.165) is 18.4 Å². The van der Waals surface area contributed by atoms with Crippen molar-refractivity contribution in [2.75, 3.05) is 19.6 Å². The Hall–Kier alpha value is -0.0800. The van der Waals surface area contributed by atoms with E-state index in [2.05, 4.69) is 25.7 Å². The second-order valence-corrected chi connectivity index (χ2v) is 4.86. The lowest BCUT2D eigenvalue weighted by Crippen LogP contribution is -2.41. The zero-order valence-corrected chi connectivity index (χ0v) is 9.29. The van der Waals surface area contributed by atoms with Crippen LogP contribution in [-0.2, 0) is 0 Å². The molecular formula is C11H24N2. The molecule has 1 atom stereocenters. The number of rotatable bonds is 3. The van der Waals surface area contributed by atoms with E-state index in [1.165, 1.54) is 25.9 Å². The molecule has 1 aliphatic heterocycles. The summed E-state index contributed by atoms with van der Waals surface area (Å²) >= 11 is 0. The predicted octanol–water partition coefficient (Wildman–Crippen LogP) is 1.70. The molecule has 1 aliphatic rings. The zero-order chi connectivity index (χ0) is 9.84. The largest absolute Gasteiger partial charge is 0.327 e. The Kier molecular flexibility index (Phi) is 4.20. The van der Waals surface area contributed by atoms with Gasteiger partial charge in [0.1, 0.15) is 0 Å². The van der Waals surface area contributed by atoms with Crippen LogP contribution >= 0.6 is 0 Å². The minimum absolute atomic E-state index is 0.329. The molecule has 1 saturated heterocycles. The topological polar surface area (TPSA) is 29.3 Å². The van der Waals surface area contributed by atoms with E-state index in [4.69, 9.17) is 5.73 Å². The average Bonchev–Trinajstić information content (AvgIpc) is 2.04. The number of hydrogen-bond acceptors (Lipinski definition) is 2. The van der Waals surface area contributed by atoms with Gasteiger partial charge in [0.15, 0.2) is 0 Å². The van der Waals surface area contributed by atoms with Crippen molar-refractivity contribution >= 4 is 0 Å². The smallest absolute Gasteiger partial charge is 0.0139 e. The molecule has 0 aromatic rings. The summed E-state index contributed by atoms with van der Waals surface area (Å²) in [4.78, 5) is 2.50. The number of nitrogens with zero attached hydrogens (tertiary/aromatic N) is 1. The molecule has 2 N–H and O–H groups in total. The molecule has 0 spiro atoms. The third kappa shape index (κ3) is 3.65. The molecule has 0 aromatic heterocycles. The van der Waals surface area contributed by atoms with Crippen molar-refractivity contribution in [1.29, 1.82) is 0 Å². The van der Waals surface area contributed by atoms with Crippen LogP contribution in [0.3, 0.4) is 0 Å². The fraction of sp³-hybridized carbons (Fsp3) is 1.00. The molecule has 2 nitrogen and oxygen atoms in total. The van der Waals surface area contributed by atoms with Crippen LogP contribution < -0.4 is 5.73 Å². The highest BCUT2D eigenvalue weighted by Gasteiger charge is 2.21. The van der Waals surface area contributed by atoms with Gasteiger partial charge in [0.05, 0.1) is 0 Å². The van der Waals surface area contributed by atoms with E-state index >= 15 is 0 Å².